The highest BCUT2D eigenvalue weighted by molar-refractivity contribution is 5.02. The molecule has 2 rings (SSSR count). The predicted octanol–water partition coefficient (Wildman–Crippen LogP) is 2.09. The minimum atomic E-state index is 0.261. The van der Waals surface area contributed by atoms with Gasteiger partial charge in [0.1, 0.15) is 0 Å². The second kappa shape index (κ2) is 6.67. The van der Waals surface area contributed by atoms with E-state index in [0.29, 0.717) is 6.10 Å². The highest BCUT2D eigenvalue weighted by Gasteiger charge is 2.21. The topological polar surface area (TPSA) is 47.0 Å². The maximum Gasteiger partial charge on any atom is 0.0757 e. The first-order valence-corrected chi connectivity index (χ1v) is 6.51. The summed E-state index contributed by atoms with van der Waals surface area (Å²) in [6.07, 6.45) is 10.3. The fourth-order valence-corrected chi connectivity index (χ4v) is 2.30. The zero-order valence-corrected chi connectivity index (χ0v) is 10.4. The lowest BCUT2D eigenvalue weighted by Gasteiger charge is -2.27. The van der Waals surface area contributed by atoms with E-state index in [0.717, 1.165) is 25.3 Å². The smallest absolute Gasteiger partial charge is 0.0757 e. The minimum absolute atomic E-state index is 0.261. The molecule has 1 aromatic heterocycles. The molecule has 0 saturated carbocycles. The summed E-state index contributed by atoms with van der Waals surface area (Å²) in [5, 5.41) is 3.46. The number of nitrogens with one attached hydrogen (secondary N) is 1. The van der Waals surface area contributed by atoms with Gasteiger partial charge in [0.05, 0.1) is 17.8 Å². The van der Waals surface area contributed by atoms with E-state index in [1.54, 1.807) is 12.4 Å². The molecule has 1 aliphatic rings. The summed E-state index contributed by atoms with van der Waals surface area (Å²) in [6, 6.07) is 0.261. The van der Waals surface area contributed by atoms with Crippen LogP contribution in [0, 0.1) is 0 Å². The first-order valence-electron chi connectivity index (χ1n) is 6.51. The van der Waals surface area contributed by atoms with Crippen molar-refractivity contribution in [1.29, 1.82) is 0 Å². The summed E-state index contributed by atoms with van der Waals surface area (Å²) in [5.41, 5.74) is 1.02. The van der Waals surface area contributed by atoms with Crippen molar-refractivity contribution < 1.29 is 4.74 Å². The molecule has 4 nitrogen and oxygen atoms in total. The maximum absolute atomic E-state index is 5.79. The number of aromatic nitrogens is 2. The molecule has 2 heterocycles. The van der Waals surface area contributed by atoms with Gasteiger partial charge in [0.15, 0.2) is 0 Å². The fraction of sp³-hybridized carbons (Fsp3) is 0.692. The second-order valence-corrected chi connectivity index (χ2v) is 4.46. The number of hydrogen-bond donors (Lipinski definition) is 1. The monoisotopic (exact) mass is 235 g/mol. The fourth-order valence-electron chi connectivity index (χ4n) is 2.30. The Labute approximate surface area is 103 Å². The Morgan fingerprint density at radius 3 is 3.06 bits per heavy atom. The van der Waals surface area contributed by atoms with Crippen LogP contribution in [0.15, 0.2) is 18.6 Å². The van der Waals surface area contributed by atoms with Gasteiger partial charge in [-0.05, 0) is 32.2 Å². The Morgan fingerprint density at radius 1 is 1.47 bits per heavy atom. The van der Waals surface area contributed by atoms with E-state index in [9.17, 15) is 0 Å². The molecule has 1 saturated heterocycles. The third-order valence-electron chi connectivity index (χ3n) is 3.16. The summed E-state index contributed by atoms with van der Waals surface area (Å²) in [6.45, 7) is 3.96. The molecule has 1 aromatic rings. The number of ether oxygens (including phenoxy) is 1. The molecule has 94 valence electrons. The van der Waals surface area contributed by atoms with Gasteiger partial charge in [0, 0.05) is 25.2 Å². The Morgan fingerprint density at radius 2 is 2.41 bits per heavy atom. The van der Waals surface area contributed by atoms with E-state index in [2.05, 4.69) is 22.2 Å². The van der Waals surface area contributed by atoms with E-state index in [1.807, 2.05) is 6.20 Å². The van der Waals surface area contributed by atoms with Crippen molar-refractivity contribution in [3.8, 4) is 0 Å². The Balaban J connectivity index is 1.96. The summed E-state index contributed by atoms with van der Waals surface area (Å²) in [4.78, 5) is 8.52. The van der Waals surface area contributed by atoms with Gasteiger partial charge in [0.25, 0.3) is 0 Å². The van der Waals surface area contributed by atoms with Gasteiger partial charge in [-0.15, -0.1) is 0 Å². The molecular formula is C13H21N3O. The lowest BCUT2D eigenvalue weighted by molar-refractivity contribution is 0.00486. The summed E-state index contributed by atoms with van der Waals surface area (Å²) in [5.74, 6) is 0. The van der Waals surface area contributed by atoms with Crippen LogP contribution in [0.1, 0.15) is 44.3 Å². The predicted molar refractivity (Wildman–Crippen MR) is 66.7 cm³/mol. The third kappa shape index (κ3) is 3.75. The van der Waals surface area contributed by atoms with Crippen molar-refractivity contribution in [3.63, 3.8) is 0 Å². The van der Waals surface area contributed by atoms with Crippen LogP contribution in [0.5, 0.6) is 0 Å². The van der Waals surface area contributed by atoms with E-state index >= 15 is 0 Å². The average molecular weight is 235 g/mol. The third-order valence-corrected chi connectivity index (χ3v) is 3.16. The van der Waals surface area contributed by atoms with Crippen LogP contribution in [0.25, 0.3) is 0 Å². The molecule has 1 fully saturated rings. The van der Waals surface area contributed by atoms with Crippen LogP contribution < -0.4 is 5.32 Å². The Kier molecular flexibility index (Phi) is 4.88. The lowest BCUT2D eigenvalue weighted by atomic mass is 10.00. The average Bonchev–Trinajstić information content (AvgIpc) is 2.40. The zero-order valence-electron chi connectivity index (χ0n) is 10.4. The highest BCUT2D eigenvalue weighted by Crippen LogP contribution is 2.23. The summed E-state index contributed by atoms with van der Waals surface area (Å²) in [7, 11) is 0. The molecule has 4 heteroatoms. The van der Waals surface area contributed by atoms with Gasteiger partial charge in [-0.2, -0.15) is 0 Å². The normalized spacial score (nSPS) is 22.3. The molecule has 0 spiro atoms. The van der Waals surface area contributed by atoms with Crippen molar-refractivity contribution >= 4 is 0 Å². The van der Waals surface area contributed by atoms with Gasteiger partial charge in [-0.25, -0.2) is 0 Å². The maximum atomic E-state index is 5.79. The van der Waals surface area contributed by atoms with E-state index < -0.39 is 0 Å². The number of hydrogen-bond acceptors (Lipinski definition) is 4. The van der Waals surface area contributed by atoms with Crippen molar-refractivity contribution in [2.75, 3.05) is 13.2 Å². The molecule has 2 atom stereocenters. The van der Waals surface area contributed by atoms with E-state index in [4.69, 9.17) is 4.74 Å². The van der Waals surface area contributed by atoms with Crippen LogP contribution in [-0.2, 0) is 4.74 Å². The van der Waals surface area contributed by atoms with Crippen molar-refractivity contribution in [2.24, 2.45) is 0 Å². The molecule has 2 unspecified atom stereocenters. The van der Waals surface area contributed by atoms with Crippen molar-refractivity contribution in [3.05, 3.63) is 24.3 Å². The van der Waals surface area contributed by atoms with Crippen LogP contribution >= 0.6 is 0 Å². The first-order chi connectivity index (χ1) is 8.40. The quantitative estimate of drug-likeness (QED) is 0.849. The van der Waals surface area contributed by atoms with Crippen LogP contribution in [-0.4, -0.2) is 29.2 Å². The van der Waals surface area contributed by atoms with Gasteiger partial charge < -0.3 is 10.1 Å². The van der Waals surface area contributed by atoms with Crippen LogP contribution in [0.4, 0.5) is 0 Å². The molecule has 17 heavy (non-hydrogen) atoms. The van der Waals surface area contributed by atoms with Crippen molar-refractivity contribution in [2.45, 2.75) is 44.8 Å². The highest BCUT2D eigenvalue weighted by atomic mass is 16.5. The SMILES string of the molecule is CCNC(CC1CCCCO1)c1cnccn1. The van der Waals surface area contributed by atoms with Crippen molar-refractivity contribution in [1.82, 2.24) is 15.3 Å². The molecule has 1 aliphatic heterocycles. The molecule has 0 aromatic carbocycles. The number of nitrogens with zero attached hydrogens (tertiary/aromatic N) is 2. The first kappa shape index (κ1) is 12.5. The molecule has 0 bridgehead atoms. The van der Waals surface area contributed by atoms with E-state index in [1.165, 1.54) is 19.3 Å². The summed E-state index contributed by atoms with van der Waals surface area (Å²) < 4.78 is 5.79. The molecule has 0 amide bonds. The zero-order chi connectivity index (χ0) is 11.9. The number of rotatable bonds is 5. The van der Waals surface area contributed by atoms with Gasteiger partial charge in [0.2, 0.25) is 0 Å². The van der Waals surface area contributed by atoms with Gasteiger partial charge >= 0.3 is 0 Å². The van der Waals surface area contributed by atoms with Gasteiger partial charge in [-0.3, -0.25) is 9.97 Å². The Hall–Kier alpha value is -1.00. The minimum Gasteiger partial charge on any atom is -0.378 e. The largest absolute Gasteiger partial charge is 0.378 e. The lowest BCUT2D eigenvalue weighted by Crippen LogP contribution is -2.29. The molecule has 1 N–H and O–H groups in total. The second-order valence-electron chi connectivity index (χ2n) is 4.46. The molecule has 0 aliphatic carbocycles. The van der Waals surface area contributed by atoms with E-state index in [-0.39, 0.29) is 6.04 Å². The molecule has 0 radical (unpaired) electrons. The van der Waals surface area contributed by atoms with Crippen LogP contribution in [0.2, 0.25) is 0 Å². The summed E-state index contributed by atoms with van der Waals surface area (Å²) >= 11 is 0. The molecular weight excluding hydrogens is 214 g/mol. The van der Waals surface area contributed by atoms with Crippen LogP contribution in [0.3, 0.4) is 0 Å². The Bertz CT molecular complexity index is 312. The standard InChI is InChI=1S/C13H21N3O/c1-2-15-12(13-10-14-6-7-16-13)9-11-5-3-4-8-17-11/h6-7,10-12,15H,2-5,8-9H2,1H3. The van der Waals surface area contributed by atoms with Gasteiger partial charge in [-0.1, -0.05) is 6.92 Å².